The van der Waals surface area contributed by atoms with Gasteiger partial charge < -0.3 is 43.2 Å². The summed E-state index contributed by atoms with van der Waals surface area (Å²) in [4.78, 5) is 60.0. The van der Waals surface area contributed by atoms with E-state index in [1.54, 1.807) is 0 Å². The number of imidazole rings is 1. The number of aromatic amines is 1. The molecule has 0 aliphatic carbocycles. The average molecular weight is 496 g/mol. The van der Waals surface area contributed by atoms with Crippen LogP contribution in [0.1, 0.15) is 45.7 Å². The van der Waals surface area contributed by atoms with Crippen molar-refractivity contribution in [1.82, 2.24) is 25.9 Å². The van der Waals surface area contributed by atoms with Gasteiger partial charge in [-0.2, -0.15) is 0 Å². The number of hydrogen-bond donors (Lipinski definition) is 8. The molecule has 0 spiro atoms. The SMILES string of the molecule is CC(C)CC(NC(=O)C(C)NC(=O)C(CCCN=C(N)N)NC(=O)C(N)Cc1cnc[nH]1)C(=O)O. The van der Waals surface area contributed by atoms with Gasteiger partial charge in [0, 0.05) is 24.9 Å². The number of amides is 3. The lowest BCUT2D eigenvalue weighted by Crippen LogP contribution is -2.56. The number of nitrogens with zero attached hydrogens (tertiary/aromatic N) is 2. The Labute approximate surface area is 203 Å². The molecule has 4 atom stereocenters. The van der Waals surface area contributed by atoms with Gasteiger partial charge in [-0.1, -0.05) is 13.8 Å². The number of carboxylic acid groups (broad SMARTS) is 1. The first kappa shape index (κ1) is 29.4. The van der Waals surface area contributed by atoms with E-state index in [-0.39, 0.29) is 37.7 Å². The molecule has 0 radical (unpaired) electrons. The normalized spacial score (nSPS) is 14.3. The summed E-state index contributed by atoms with van der Waals surface area (Å²) in [6.07, 6.45) is 3.95. The van der Waals surface area contributed by atoms with E-state index in [1.807, 2.05) is 13.8 Å². The molecule has 1 aromatic rings. The van der Waals surface area contributed by atoms with E-state index >= 15 is 0 Å². The van der Waals surface area contributed by atoms with Crippen molar-refractivity contribution in [2.24, 2.45) is 28.1 Å². The van der Waals surface area contributed by atoms with Gasteiger partial charge in [0.2, 0.25) is 17.7 Å². The maximum Gasteiger partial charge on any atom is 0.326 e. The highest BCUT2D eigenvalue weighted by Crippen LogP contribution is 2.06. The summed E-state index contributed by atoms with van der Waals surface area (Å²) >= 11 is 0. The molecular weight excluding hydrogens is 458 g/mol. The van der Waals surface area contributed by atoms with Crippen LogP contribution in [-0.2, 0) is 25.6 Å². The van der Waals surface area contributed by atoms with Crippen LogP contribution in [0.15, 0.2) is 17.5 Å². The molecule has 0 aromatic carbocycles. The Morgan fingerprint density at radius 2 is 1.71 bits per heavy atom. The van der Waals surface area contributed by atoms with E-state index in [9.17, 15) is 24.3 Å². The predicted octanol–water partition coefficient (Wildman–Crippen LogP) is -2.06. The molecule has 0 saturated carbocycles. The number of rotatable bonds is 15. The summed E-state index contributed by atoms with van der Waals surface area (Å²) in [5, 5.41) is 16.9. The number of carbonyl (C=O) groups excluding carboxylic acids is 3. The van der Waals surface area contributed by atoms with E-state index < -0.39 is 47.9 Å². The van der Waals surface area contributed by atoms with Crippen molar-refractivity contribution in [1.29, 1.82) is 0 Å². The second-order valence-electron chi connectivity index (χ2n) is 8.66. The third-order valence-corrected chi connectivity index (χ3v) is 4.98. The molecule has 14 nitrogen and oxygen atoms in total. The first-order valence-electron chi connectivity index (χ1n) is 11.3. The van der Waals surface area contributed by atoms with Crippen molar-refractivity contribution in [3.05, 3.63) is 18.2 Å². The third-order valence-electron chi connectivity index (χ3n) is 4.98. The minimum atomic E-state index is -1.17. The highest BCUT2D eigenvalue weighted by Gasteiger charge is 2.28. The summed E-state index contributed by atoms with van der Waals surface area (Å²) in [5.41, 5.74) is 17.2. The molecule has 11 N–H and O–H groups in total. The van der Waals surface area contributed by atoms with E-state index in [0.29, 0.717) is 12.1 Å². The van der Waals surface area contributed by atoms with Gasteiger partial charge in [-0.25, -0.2) is 9.78 Å². The lowest BCUT2D eigenvalue weighted by atomic mass is 10.0. The number of nitrogens with two attached hydrogens (primary N) is 3. The maximum atomic E-state index is 12.9. The van der Waals surface area contributed by atoms with Crippen LogP contribution in [0.2, 0.25) is 0 Å². The monoisotopic (exact) mass is 495 g/mol. The van der Waals surface area contributed by atoms with Crippen LogP contribution >= 0.6 is 0 Å². The van der Waals surface area contributed by atoms with E-state index in [4.69, 9.17) is 17.2 Å². The highest BCUT2D eigenvalue weighted by atomic mass is 16.4. The van der Waals surface area contributed by atoms with Crippen molar-refractivity contribution >= 4 is 29.7 Å². The van der Waals surface area contributed by atoms with Gasteiger partial charge in [0.1, 0.15) is 18.1 Å². The minimum absolute atomic E-state index is 0.0390. The summed E-state index contributed by atoms with van der Waals surface area (Å²) < 4.78 is 0. The van der Waals surface area contributed by atoms with Gasteiger partial charge in [-0.3, -0.25) is 19.4 Å². The van der Waals surface area contributed by atoms with Gasteiger partial charge in [0.15, 0.2) is 5.96 Å². The molecule has 14 heteroatoms. The molecule has 0 fully saturated rings. The van der Waals surface area contributed by atoms with Crippen molar-refractivity contribution in [3.8, 4) is 0 Å². The Morgan fingerprint density at radius 3 is 2.26 bits per heavy atom. The first-order chi connectivity index (χ1) is 16.4. The van der Waals surface area contributed by atoms with E-state index in [0.717, 1.165) is 0 Å². The number of carboxylic acids is 1. The zero-order chi connectivity index (χ0) is 26.5. The highest BCUT2D eigenvalue weighted by molar-refractivity contribution is 5.93. The van der Waals surface area contributed by atoms with Gasteiger partial charge in [-0.15, -0.1) is 0 Å². The topological polar surface area (TPSA) is 244 Å². The summed E-state index contributed by atoms with van der Waals surface area (Å²) in [5.74, 6) is -3.08. The number of carbonyl (C=O) groups is 4. The molecule has 0 aliphatic heterocycles. The van der Waals surface area contributed by atoms with Crippen LogP contribution in [-0.4, -0.2) is 75.4 Å². The molecule has 196 valence electrons. The minimum Gasteiger partial charge on any atom is -0.480 e. The van der Waals surface area contributed by atoms with E-state index in [1.165, 1.54) is 19.4 Å². The molecule has 4 unspecified atom stereocenters. The summed E-state index contributed by atoms with van der Waals surface area (Å²) in [6, 6.07) is -4.10. The standard InChI is InChI=1S/C21H37N9O5/c1-11(2)7-16(20(34)35)30-17(31)12(3)28-19(33)15(5-4-6-26-21(23)24)29-18(32)14(22)8-13-9-25-10-27-13/h9-12,14-16H,4-8,22H2,1-3H3,(H,25,27)(H,28,33)(H,29,32)(H,30,31)(H,34,35)(H4,23,24,26). The maximum absolute atomic E-state index is 12.9. The van der Waals surface area contributed by atoms with Crippen LogP contribution in [0.25, 0.3) is 0 Å². The molecule has 1 heterocycles. The fraction of sp³-hybridized carbons (Fsp3) is 0.619. The smallest absolute Gasteiger partial charge is 0.326 e. The largest absolute Gasteiger partial charge is 0.480 e. The van der Waals surface area contributed by atoms with Crippen LogP contribution in [0.5, 0.6) is 0 Å². The predicted molar refractivity (Wildman–Crippen MR) is 129 cm³/mol. The number of aromatic nitrogens is 2. The Kier molecular flexibility index (Phi) is 12.2. The average Bonchev–Trinajstić information content (AvgIpc) is 3.27. The molecule has 0 saturated heterocycles. The van der Waals surface area contributed by atoms with Crippen molar-refractivity contribution in [3.63, 3.8) is 0 Å². The first-order valence-corrected chi connectivity index (χ1v) is 11.3. The Bertz CT molecular complexity index is 869. The number of H-pyrrole nitrogens is 1. The van der Waals surface area contributed by atoms with Crippen molar-refractivity contribution in [2.75, 3.05) is 6.54 Å². The molecule has 3 amide bonds. The number of nitrogens with one attached hydrogen (secondary N) is 4. The van der Waals surface area contributed by atoms with Crippen LogP contribution < -0.4 is 33.2 Å². The number of aliphatic carboxylic acids is 1. The van der Waals surface area contributed by atoms with Gasteiger partial charge in [0.25, 0.3) is 0 Å². The lowest BCUT2D eigenvalue weighted by molar-refractivity contribution is -0.142. The van der Waals surface area contributed by atoms with Crippen LogP contribution in [0.3, 0.4) is 0 Å². The van der Waals surface area contributed by atoms with Crippen molar-refractivity contribution < 1.29 is 24.3 Å². The van der Waals surface area contributed by atoms with Crippen LogP contribution in [0, 0.1) is 5.92 Å². The zero-order valence-electron chi connectivity index (χ0n) is 20.3. The second kappa shape index (κ2) is 14.6. The Hall–Kier alpha value is -3.68. The van der Waals surface area contributed by atoms with E-state index in [2.05, 4.69) is 30.9 Å². The molecule has 0 aliphatic rings. The van der Waals surface area contributed by atoms with Gasteiger partial charge in [0.05, 0.1) is 12.4 Å². The Morgan fingerprint density at radius 1 is 1.06 bits per heavy atom. The Balaban J connectivity index is 2.81. The lowest BCUT2D eigenvalue weighted by Gasteiger charge is -2.24. The third kappa shape index (κ3) is 11.3. The zero-order valence-corrected chi connectivity index (χ0v) is 20.3. The number of hydrogen-bond acceptors (Lipinski definition) is 7. The van der Waals surface area contributed by atoms with Gasteiger partial charge in [-0.05, 0) is 32.1 Å². The molecule has 35 heavy (non-hydrogen) atoms. The number of guanidine groups is 1. The molecule has 1 aromatic heterocycles. The van der Waals surface area contributed by atoms with Crippen molar-refractivity contribution in [2.45, 2.75) is 70.6 Å². The second-order valence-corrected chi connectivity index (χ2v) is 8.66. The summed E-state index contributed by atoms with van der Waals surface area (Å²) in [6.45, 7) is 5.32. The number of aliphatic imine (C=N–C) groups is 1. The molecule has 1 rings (SSSR count). The molecule has 0 bridgehead atoms. The van der Waals surface area contributed by atoms with Crippen LogP contribution in [0.4, 0.5) is 0 Å². The fourth-order valence-corrected chi connectivity index (χ4v) is 3.15. The molecular formula is C21H37N9O5. The fourth-order valence-electron chi connectivity index (χ4n) is 3.15. The summed E-state index contributed by atoms with van der Waals surface area (Å²) in [7, 11) is 0. The van der Waals surface area contributed by atoms with Gasteiger partial charge >= 0.3 is 5.97 Å². The quantitative estimate of drug-likeness (QED) is 0.0756.